The Morgan fingerprint density at radius 1 is 1.21 bits per heavy atom. The number of rotatable bonds is 5. The fourth-order valence-electron chi connectivity index (χ4n) is 3.91. The van der Waals surface area contributed by atoms with E-state index < -0.39 is 0 Å². The van der Waals surface area contributed by atoms with Crippen molar-refractivity contribution in [3.63, 3.8) is 0 Å². The van der Waals surface area contributed by atoms with Crippen molar-refractivity contribution >= 4 is 17.1 Å². The van der Waals surface area contributed by atoms with Gasteiger partial charge >= 0.3 is 0 Å². The second-order valence-electron chi connectivity index (χ2n) is 6.87. The summed E-state index contributed by atoms with van der Waals surface area (Å²) in [4.78, 5) is 24.2. The smallest absolute Gasteiger partial charge is 0.254 e. The maximum Gasteiger partial charge on any atom is 0.254 e. The Hall–Kier alpha value is -3.09. The molecule has 28 heavy (non-hydrogen) atoms. The molecule has 2 aromatic heterocycles. The zero-order valence-corrected chi connectivity index (χ0v) is 16.4. The average Bonchev–Trinajstić information content (AvgIpc) is 3.37. The first-order chi connectivity index (χ1) is 13.7. The Bertz CT molecular complexity index is 1010. The summed E-state index contributed by atoms with van der Waals surface area (Å²) in [7, 11) is 3.15. The lowest BCUT2D eigenvalue weighted by atomic mass is 10.1. The third kappa shape index (κ3) is 3.06. The minimum absolute atomic E-state index is 0.000683. The first-order valence-electron chi connectivity index (χ1n) is 9.48. The largest absolute Gasteiger partial charge is 0.493 e. The van der Waals surface area contributed by atoms with Crippen LogP contribution in [-0.2, 0) is 6.54 Å². The van der Waals surface area contributed by atoms with Crippen LogP contribution in [0.2, 0.25) is 0 Å². The molecule has 1 fully saturated rings. The SMILES string of the molecule is CCn1c([C@@H]2CCN(C(=O)c3ccc(OC)c(OC)c3)C2)nc2cccnc21. The van der Waals surface area contributed by atoms with Crippen LogP contribution in [0.1, 0.15) is 35.4 Å². The fourth-order valence-corrected chi connectivity index (χ4v) is 3.91. The Balaban J connectivity index is 1.57. The standard InChI is InChI=1S/C21H24N4O3/c1-4-25-19(23-16-6-5-10-22-20(16)25)15-9-11-24(13-15)21(26)14-7-8-17(27-2)18(12-14)28-3/h5-8,10,12,15H,4,9,11,13H2,1-3H3/t15-/m1/s1. The molecular weight excluding hydrogens is 356 g/mol. The molecule has 0 unspecified atom stereocenters. The van der Waals surface area contributed by atoms with Crippen LogP contribution < -0.4 is 9.47 Å². The molecule has 4 rings (SSSR count). The molecule has 0 bridgehead atoms. The molecule has 0 aliphatic carbocycles. The summed E-state index contributed by atoms with van der Waals surface area (Å²) in [5, 5.41) is 0. The third-order valence-electron chi connectivity index (χ3n) is 5.32. The topological polar surface area (TPSA) is 69.5 Å². The number of hydrogen-bond acceptors (Lipinski definition) is 5. The number of aryl methyl sites for hydroxylation is 1. The minimum Gasteiger partial charge on any atom is -0.493 e. The van der Waals surface area contributed by atoms with E-state index in [1.807, 2.05) is 17.0 Å². The van der Waals surface area contributed by atoms with Crippen LogP contribution >= 0.6 is 0 Å². The predicted octanol–water partition coefficient (Wildman–Crippen LogP) is 3.10. The summed E-state index contributed by atoms with van der Waals surface area (Å²) in [6, 6.07) is 9.17. The van der Waals surface area contributed by atoms with Crippen molar-refractivity contribution in [2.45, 2.75) is 25.8 Å². The molecule has 7 nitrogen and oxygen atoms in total. The lowest BCUT2D eigenvalue weighted by Gasteiger charge is -2.18. The van der Waals surface area contributed by atoms with E-state index in [2.05, 4.69) is 16.5 Å². The number of ether oxygens (including phenoxy) is 2. The highest BCUT2D eigenvalue weighted by atomic mass is 16.5. The number of nitrogens with zero attached hydrogens (tertiary/aromatic N) is 4. The van der Waals surface area contributed by atoms with Gasteiger partial charge in [-0.25, -0.2) is 9.97 Å². The van der Waals surface area contributed by atoms with Crippen LogP contribution in [0.25, 0.3) is 11.2 Å². The molecule has 1 saturated heterocycles. The number of carbonyl (C=O) groups is 1. The number of imidazole rings is 1. The normalized spacial score (nSPS) is 16.5. The summed E-state index contributed by atoms with van der Waals surface area (Å²) in [5.41, 5.74) is 2.41. The van der Waals surface area contributed by atoms with Crippen molar-refractivity contribution in [3.05, 3.63) is 47.9 Å². The molecule has 1 amide bonds. The Morgan fingerprint density at radius 3 is 2.79 bits per heavy atom. The van der Waals surface area contributed by atoms with Gasteiger partial charge < -0.3 is 18.9 Å². The molecule has 0 N–H and O–H groups in total. The van der Waals surface area contributed by atoms with Crippen LogP contribution in [0, 0.1) is 0 Å². The molecular formula is C21H24N4O3. The van der Waals surface area contributed by atoms with E-state index in [9.17, 15) is 4.79 Å². The lowest BCUT2D eigenvalue weighted by molar-refractivity contribution is 0.0790. The van der Waals surface area contributed by atoms with Crippen LogP contribution in [0.4, 0.5) is 0 Å². The highest BCUT2D eigenvalue weighted by molar-refractivity contribution is 5.95. The van der Waals surface area contributed by atoms with Gasteiger partial charge in [-0.05, 0) is 43.7 Å². The molecule has 1 aliphatic heterocycles. The summed E-state index contributed by atoms with van der Waals surface area (Å²) in [5.74, 6) is 2.39. The van der Waals surface area contributed by atoms with Gasteiger partial charge in [0.1, 0.15) is 11.3 Å². The van der Waals surface area contributed by atoms with Crippen molar-refractivity contribution in [3.8, 4) is 11.5 Å². The summed E-state index contributed by atoms with van der Waals surface area (Å²) >= 11 is 0. The van der Waals surface area contributed by atoms with Crippen LogP contribution in [0.3, 0.4) is 0 Å². The average molecular weight is 380 g/mol. The van der Waals surface area contributed by atoms with Gasteiger partial charge in [0.05, 0.1) is 14.2 Å². The van der Waals surface area contributed by atoms with E-state index in [0.29, 0.717) is 30.2 Å². The van der Waals surface area contributed by atoms with Gasteiger partial charge in [-0.15, -0.1) is 0 Å². The van der Waals surface area contributed by atoms with Crippen LogP contribution in [-0.4, -0.2) is 52.7 Å². The van der Waals surface area contributed by atoms with Crippen molar-refractivity contribution in [1.29, 1.82) is 0 Å². The van der Waals surface area contributed by atoms with E-state index in [0.717, 1.165) is 30.0 Å². The molecule has 0 radical (unpaired) electrons. The van der Waals surface area contributed by atoms with Crippen LogP contribution in [0.15, 0.2) is 36.5 Å². The number of methoxy groups -OCH3 is 2. The van der Waals surface area contributed by atoms with E-state index in [1.165, 1.54) is 0 Å². The summed E-state index contributed by atoms with van der Waals surface area (Å²) < 4.78 is 12.7. The maximum atomic E-state index is 13.0. The molecule has 1 aromatic carbocycles. The van der Waals surface area contributed by atoms with Crippen LogP contribution in [0.5, 0.6) is 11.5 Å². The van der Waals surface area contributed by atoms with Gasteiger partial charge in [-0.3, -0.25) is 4.79 Å². The number of amides is 1. The lowest BCUT2D eigenvalue weighted by Crippen LogP contribution is -2.28. The van der Waals surface area contributed by atoms with Gasteiger partial charge in [-0.1, -0.05) is 0 Å². The van der Waals surface area contributed by atoms with E-state index >= 15 is 0 Å². The number of fused-ring (bicyclic) bond motifs is 1. The van der Waals surface area contributed by atoms with E-state index in [-0.39, 0.29) is 11.8 Å². The molecule has 146 valence electrons. The van der Waals surface area contributed by atoms with Gasteiger partial charge in [0.15, 0.2) is 17.1 Å². The van der Waals surface area contributed by atoms with Crippen molar-refractivity contribution < 1.29 is 14.3 Å². The predicted molar refractivity (Wildman–Crippen MR) is 106 cm³/mol. The van der Waals surface area contributed by atoms with Gasteiger partial charge in [0.25, 0.3) is 5.91 Å². The summed E-state index contributed by atoms with van der Waals surface area (Å²) in [6.45, 7) is 4.26. The highest BCUT2D eigenvalue weighted by Gasteiger charge is 2.31. The highest BCUT2D eigenvalue weighted by Crippen LogP contribution is 2.32. The number of hydrogen-bond donors (Lipinski definition) is 0. The number of aromatic nitrogens is 3. The Kier molecular flexibility index (Phi) is 4.90. The van der Waals surface area contributed by atoms with E-state index in [4.69, 9.17) is 14.5 Å². The quantitative estimate of drug-likeness (QED) is 0.680. The molecule has 0 saturated carbocycles. The number of carbonyl (C=O) groups excluding carboxylic acids is 1. The molecule has 1 aliphatic rings. The van der Waals surface area contributed by atoms with Gasteiger partial charge in [0.2, 0.25) is 0 Å². The first-order valence-corrected chi connectivity index (χ1v) is 9.48. The molecule has 7 heteroatoms. The molecule has 0 spiro atoms. The zero-order valence-electron chi connectivity index (χ0n) is 16.4. The second kappa shape index (κ2) is 7.50. The van der Waals surface area contributed by atoms with Crippen molar-refractivity contribution in [1.82, 2.24) is 19.4 Å². The minimum atomic E-state index is 0.000683. The number of pyridine rings is 1. The zero-order chi connectivity index (χ0) is 19.7. The second-order valence-corrected chi connectivity index (χ2v) is 6.87. The Labute approximate surface area is 163 Å². The van der Waals surface area contributed by atoms with E-state index in [1.54, 1.807) is 38.6 Å². The molecule has 3 aromatic rings. The maximum absolute atomic E-state index is 13.0. The number of benzene rings is 1. The fraction of sp³-hybridized carbons (Fsp3) is 0.381. The molecule has 3 heterocycles. The van der Waals surface area contributed by atoms with Gasteiger partial charge in [0, 0.05) is 37.3 Å². The van der Waals surface area contributed by atoms with Crippen molar-refractivity contribution in [2.24, 2.45) is 0 Å². The Morgan fingerprint density at radius 2 is 2.04 bits per heavy atom. The first kappa shape index (κ1) is 18.3. The summed E-state index contributed by atoms with van der Waals surface area (Å²) in [6.07, 6.45) is 2.68. The third-order valence-corrected chi connectivity index (χ3v) is 5.32. The van der Waals surface area contributed by atoms with Gasteiger partial charge in [-0.2, -0.15) is 0 Å². The monoisotopic (exact) mass is 380 g/mol. The molecule has 1 atom stereocenters. The number of likely N-dealkylation sites (tertiary alicyclic amines) is 1. The van der Waals surface area contributed by atoms with Crippen molar-refractivity contribution in [2.75, 3.05) is 27.3 Å².